The number of amides is 2. The Bertz CT molecular complexity index is 1630. The van der Waals surface area contributed by atoms with Gasteiger partial charge in [0.25, 0.3) is 15.9 Å². The van der Waals surface area contributed by atoms with Crippen molar-refractivity contribution < 1.29 is 37.5 Å². The Hall–Kier alpha value is -4.36. The number of aryl methyl sites for hydroxylation is 1. The third-order valence-electron chi connectivity index (χ3n) is 6.43. The van der Waals surface area contributed by atoms with E-state index in [1.54, 1.807) is 37.3 Å². The highest BCUT2D eigenvalue weighted by atomic mass is 32.2. The van der Waals surface area contributed by atoms with E-state index in [0.29, 0.717) is 32.5 Å². The number of hydrogen-bond acceptors (Lipinski definition) is 9. The highest BCUT2D eigenvalue weighted by Gasteiger charge is 2.39. The number of benzene rings is 3. The van der Waals surface area contributed by atoms with Gasteiger partial charge in [-0.05, 0) is 54.4 Å². The molecule has 3 aromatic carbocycles. The molecule has 1 aliphatic rings. The van der Waals surface area contributed by atoms with Gasteiger partial charge in [0.2, 0.25) is 5.91 Å². The molecule has 0 saturated heterocycles. The Morgan fingerprint density at radius 2 is 1.71 bits per heavy atom. The summed E-state index contributed by atoms with van der Waals surface area (Å²) in [4.78, 5) is 44.8. The van der Waals surface area contributed by atoms with E-state index in [-0.39, 0.29) is 34.9 Å². The average molecular weight is 580 g/mol. The Morgan fingerprint density at radius 3 is 2.29 bits per heavy atom. The summed E-state index contributed by atoms with van der Waals surface area (Å²) < 4.78 is 31.1. The van der Waals surface area contributed by atoms with Crippen molar-refractivity contribution in [3.63, 3.8) is 0 Å². The van der Waals surface area contributed by atoms with Crippen LogP contribution < -0.4 is 10.2 Å². The number of fused-ring (bicyclic) bond motifs is 1. The lowest BCUT2D eigenvalue weighted by molar-refractivity contribution is -0.122. The lowest BCUT2D eigenvalue weighted by Gasteiger charge is -2.18. The van der Waals surface area contributed by atoms with Crippen LogP contribution in [0.5, 0.6) is 0 Å². The van der Waals surface area contributed by atoms with Crippen LogP contribution in [0, 0.1) is 6.92 Å². The van der Waals surface area contributed by atoms with Crippen molar-refractivity contribution in [2.45, 2.75) is 18.7 Å². The quantitative estimate of drug-likeness (QED) is 0.222. The minimum absolute atomic E-state index is 0.0478. The fourth-order valence-corrected chi connectivity index (χ4v) is 5.42. The minimum atomic E-state index is -3.98. The summed E-state index contributed by atoms with van der Waals surface area (Å²) in [5.41, 5.74) is 3.17. The molecule has 1 aliphatic heterocycles. The first-order valence-corrected chi connectivity index (χ1v) is 13.9. The van der Waals surface area contributed by atoms with Crippen LogP contribution in [0.4, 0.5) is 11.4 Å². The number of sulfonamides is 1. The number of esters is 1. The maximum Gasteiger partial charge on any atom is 0.338 e. The highest BCUT2D eigenvalue weighted by Crippen LogP contribution is 2.43. The second-order valence-electron chi connectivity index (χ2n) is 9.07. The van der Waals surface area contributed by atoms with E-state index in [1.165, 1.54) is 51.4 Å². The average Bonchev–Trinajstić information content (AvgIpc) is 3.24. The molecule has 2 N–H and O–H groups in total. The summed E-state index contributed by atoms with van der Waals surface area (Å²) in [6, 6.07) is 18.0. The molecule has 0 aromatic heterocycles. The van der Waals surface area contributed by atoms with Gasteiger partial charge in [0.15, 0.2) is 0 Å². The Labute approximate surface area is 237 Å². The first-order valence-electron chi connectivity index (χ1n) is 12.5. The third-order valence-corrected chi connectivity index (χ3v) is 8.08. The zero-order valence-electron chi connectivity index (χ0n) is 22.9. The molecule has 0 aliphatic carbocycles. The maximum atomic E-state index is 13.8. The van der Waals surface area contributed by atoms with Crippen molar-refractivity contribution in [1.29, 1.82) is 0 Å². The van der Waals surface area contributed by atoms with Gasteiger partial charge in [0.05, 0.1) is 47.7 Å². The van der Waals surface area contributed by atoms with Crippen LogP contribution in [0.15, 0.2) is 71.6 Å². The van der Waals surface area contributed by atoms with E-state index in [4.69, 9.17) is 14.7 Å². The lowest BCUT2D eigenvalue weighted by atomic mass is 9.96. The predicted octanol–water partition coefficient (Wildman–Crippen LogP) is 3.20. The van der Waals surface area contributed by atoms with Gasteiger partial charge >= 0.3 is 5.97 Å². The molecule has 0 fully saturated rings. The van der Waals surface area contributed by atoms with Crippen LogP contribution in [0.3, 0.4) is 0 Å². The van der Waals surface area contributed by atoms with Gasteiger partial charge < -0.3 is 15.2 Å². The summed E-state index contributed by atoms with van der Waals surface area (Å²) >= 11 is 0. The van der Waals surface area contributed by atoms with E-state index in [0.717, 1.165) is 4.90 Å². The van der Waals surface area contributed by atoms with Gasteiger partial charge in [-0.3, -0.25) is 14.4 Å². The number of ether oxygens (including phenoxy) is 1. The Kier molecular flexibility index (Phi) is 8.69. The maximum absolute atomic E-state index is 13.8. The number of imide groups is 1. The van der Waals surface area contributed by atoms with E-state index in [9.17, 15) is 22.8 Å². The third kappa shape index (κ3) is 5.77. The predicted molar refractivity (Wildman–Crippen MR) is 152 cm³/mol. The van der Waals surface area contributed by atoms with Crippen LogP contribution in [-0.4, -0.2) is 63.1 Å². The van der Waals surface area contributed by atoms with Gasteiger partial charge in [-0.2, -0.15) is 0 Å². The molecule has 3 aromatic rings. The molecule has 214 valence electrons. The molecule has 1 heterocycles. The number of carbonyl (C=O) groups is 3. The summed E-state index contributed by atoms with van der Waals surface area (Å²) in [7, 11) is -1.50. The molecule has 0 spiro atoms. The Balaban J connectivity index is 1.85. The number of hydroxylamine groups is 1. The van der Waals surface area contributed by atoms with Gasteiger partial charge in [-0.25, -0.2) is 18.1 Å². The number of aliphatic hydroxyl groups is 1. The number of anilines is 2. The summed E-state index contributed by atoms with van der Waals surface area (Å²) in [6.07, 6.45) is 0. The molecule has 4 rings (SSSR count). The number of rotatable bonds is 9. The molecule has 11 nitrogen and oxygen atoms in total. The van der Waals surface area contributed by atoms with Crippen LogP contribution in [-0.2, 0) is 29.2 Å². The lowest BCUT2D eigenvalue weighted by Crippen LogP contribution is -2.31. The van der Waals surface area contributed by atoms with Crippen LogP contribution in [0.1, 0.15) is 34.0 Å². The molecule has 12 heteroatoms. The first-order chi connectivity index (χ1) is 19.5. The summed E-state index contributed by atoms with van der Waals surface area (Å²) in [5, 5.41) is 12.2. The number of nitrogens with one attached hydrogen (secondary N) is 1. The SMILES string of the molecule is COC(=O)c1cc2c(cc1C)/C(=C(\Nc1ccc(S(=O)(=O)N(C)OCCO)cc1)c1ccccc1)C(=O)N2C(C)=O. The fraction of sp³-hybridized carbons (Fsp3) is 0.207. The monoisotopic (exact) mass is 579 g/mol. The van der Waals surface area contributed by atoms with Crippen molar-refractivity contribution in [3.8, 4) is 0 Å². The minimum Gasteiger partial charge on any atom is -0.465 e. The Morgan fingerprint density at radius 1 is 1.05 bits per heavy atom. The van der Waals surface area contributed by atoms with E-state index >= 15 is 0 Å². The number of hydrogen-bond donors (Lipinski definition) is 2. The second kappa shape index (κ2) is 12.0. The molecule has 0 bridgehead atoms. The van der Waals surface area contributed by atoms with Crippen molar-refractivity contribution in [2.24, 2.45) is 0 Å². The van der Waals surface area contributed by atoms with E-state index in [1.807, 2.05) is 6.07 Å². The van der Waals surface area contributed by atoms with Crippen molar-refractivity contribution in [2.75, 3.05) is 37.6 Å². The summed E-state index contributed by atoms with van der Waals surface area (Å²) in [6.45, 7) is 2.45. The zero-order valence-corrected chi connectivity index (χ0v) is 23.7. The number of carbonyl (C=O) groups excluding carboxylic acids is 3. The van der Waals surface area contributed by atoms with Gasteiger partial charge in [0, 0.05) is 25.2 Å². The molecule has 0 radical (unpaired) electrons. The molecular formula is C29H29N3O8S. The number of methoxy groups -OCH3 is 1. The van der Waals surface area contributed by atoms with Crippen LogP contribution >= 0.6 is 0 Å². The van der Waals surface area contributed by atoms with Crippen LogP contribution in [0.2, 0.25) is 0 Å². The van der Waals surface area contributed by atoms with Gasteiger partial charge in [0.1, 0.15) is 0 Å². The number of aliphatic hydroxyl groups excluding tert-OH is 1. The molecule has 0 atom stereocenters. The van der Waals surface area contributed by atoms with E-state index in [2.05, 4.69) is 5.32 Å². The first kappa shape index (κ1) is 29.6. The van der Waals surface area contributed by atoms with Gasteiger partial charge in [-0.1, -0.05) is 34.8 Å². The van der Waals surface area contributed by atoms with Crippen molar-refractivity contribution >= 4 is 50.5 Å². The van der Waals surface area contributed by atoms with Gasteiger partial charge in [-0.15, -0.1) is 0 Å². The normalized spacial score (nSPS) is 14.2. The number of nitrogens with zero attached hydrogens (tertiary/aromatic N) is 2. The molecule has 0 unspecified atom stereocenters. The smallest absolute Gasteiger partial charge is 0.338 e. The van der Waals surface area contributed by atoms with Crippen molar-refractivity contribution in [1.82, 2.24) is 4.47 Å². The molecule has 0 saturated carbocycles. The fourth-order valence-electron chi connectivity index (χ4n) is 4.43. The molecule has 41 heavy (non-hydrogen) atoms. The van der Waals surface area contributed by atoms with Crippen molar-refractivity contribution in [3.05, 3.63) is 89.0 Å². The largest absolute Gasteiger partial charge is 0.465 e. The highest BCUT2D eigenvalue weighted by molar-refractivity contribution is 7.89. The molecular weight excluding hydrogens is 550 g/mol. The summed E-state index contributed by atoms with van der Waals surface area (Å²) in [5.74, 6) is -1.70. The molecule has 2 amide bonds. The zero-order chi connectivity index (χ0) is 29.9. The standard InChI is InChI=1S/C29H29N3O8S/c1-18-16-24-25(17-23(18)29(36)39-4)32(19(2)34)28(35)26(24)27(20-8-6-5-7-9-20)30-21-10-12-22(13-11-21)41(37,38)31(3)40-15-14-33/h5-13,16-17,30,33H,14-15H2,1-4H3/b27-26+. The second-order valence-corrected chi connectivity index (χ2v) is 11.0. The van der Waals surface area contributed by atoms with Crippen LogP contribution in [0.25, 0.3) is 11.3 Å². The topological polar surface area (TPSA) is 143 Å². The van der Waals surface area contributed by atoms with E-state index < -0.39 is 27.8 Å².